The molecule has 1 aromatic rings. The van der Waals surface area contributed by atoms with Gasteiger partial charge in [-0.2, -0.15) is 12.6 Å². The van der Waals surface area contributed by atoms with Gasteiger partial charge in [-0.05, 0) is 24.3 Å². The Morgan fingerprint density at radius 2 is 2.00 bits per heavy atom. The molecule has 0 amide bonds. The van der Waals surface area contributed by atoms with Crippen molar-refractivity contribution in [2.24, 2.45) is 0 Å². The van der Waals surface area contributed by atoms with Crippen molar-refractivity contribution in [3.63, 3.8) is 0 Å². The maximum absolute atomic E-state index is 12.3. The highest BCUT2D eigenvalue weighted by molar-refractivity contribution is 7.80. The monoisotopic (exact) mass is 230 g/mol. The maximum Gasteiger partial charge on any atom is 0.231 e. The topological polar surface area (TPSA) is 26.3 Å². The van der Waals surface area contributed by atoms with Crippen LogP contribution in [0.15, 0.2) is 30.3 Å². The van der Waals surface area contributed by atoms with E-state index in [9.17, 15) is 4.57 Å². The van der Waals surface area contributed by atoms with E-state index < -0.39 is 7.37 Å². The maximum atomic E-state index is 12.3. The Hall–Kier alpha value is -0.240. The first-order valence-corrected chi connectivity index (χ1v) is 6.98. The van der Waals surface area contributed by atoms with Crippen molar-refractivity contribution < 1.29 is 9.09 Å². The molecule has 0 aliphatic carbocycles. The Labute approximate surface area is 90.5 Å². The molecule has 0 aliphatic rings. The second kappa shape index (κ2) is 5.59. The standard InChI is InChI=1S/C10H15O2PS/c1-12-13(11,8-5-9-14)10-6-3-2-4-7-10/h2-4,6-7,14H,5,8-9H2,1H3. The number of thiol groups is 1. The zero-order valence-electron chi connectivity index (χ0n) is 8.22. The fraction of sp³-hybridized carbons (Fsp3) is 0.400. The van der Waals surface area contributed by atoms with E-state index in [0.29, 0.717) is 6.16 Å². The van der Waals surface area contributed by atoms with E-state index in [1.165, 1.54) is 7.11 Å². The van der Waals surface area contributed by atoms with Gasteiger partial charge in [0.1, 0.15) is 0 Å². The molecule has 0 aromatic heterocycles. The van der Waals surface area contributed by atoms with Crippen molar-refractivity contribution in [2.45, 2.75) is 6.42 Å². The minimum Gasteiger partial charge on any atom is -0.329 e. The highest BCUT2D eigenvalue weighted by atomic mass is 32.1. The van der Waals surface area contributed by atoms with Gasteiger partial charge in [-0.1, -0.05) is 18.2 Å². The minimum atomic E-state index is -2.62. The molecule has 1 atom stereocenters. The lowest BCUT2D eigenvalue weighted by Crippen LogP contribution is -2.09. The van der Waals surface area contributed by atoms with Gasteiger partial charge in [-0.15, -0.1) is 0 Å². The summed E-state index contributed by atoms with van der Waals surface area (Å²) in [4.78, 5) is 0. The zero-order valence-corrected chi connectivity index (χ0v) is 10.0. The largest absolute Gasteiger partial charge is 0.329 e. The molecule has 0 spiro atoms. The molecule has 0 heterocycles. The van der Waals surface area contributed by atoms with E-state index in [1.54, 1.807) is 0 Å². The summed E-state index contributed by atoms with van der Waals surface area (Å²) in [7, 11) is -1.11. The Kier molecular flexibility index (Phi) is 4.73. The molecule has 4 heteroatoms. The minimum absolute atomic E-state index is 0.566. The number of hydrogen-bond donors (Lipinski definition) is 1. The van der Waals surface area contributed by atoms with Gasteiger partial charge in [0.2, 0.25) is 7.37 Å². The second-order valence-corrected chi connectivity index (χ2v) is 6.12. The molecule has 14 heavy (non-hydrogen) atoms. The first kappa shape index (κ1) is 11.8. The molecule has 0 aliphatic heterocycles. The fourth-order valence-electron chi connectivity index (χ4n) is 1.26. The van der Waals surface area contributed by atoms with Crippen LogP contribution in [-0.4, -0.2) is 19.0 Å². The number of rotatable bonds is 5. The summed E-state index contributed by atoms with van der Waals surface area (Å²) in [5.41, 5.74) is 0. The normalized spacial score (nSPS) is 15.0. The molecule has 0 radical (unpaired) electrons. The lowest BCUT2D eigenvalue weighted by atomic mass is 10.4. The van der Waals surface area contributed by atoms with Crippen molar-refractivity contribution in [3.8, 4) is 0 Å². The molecule has 0 N–H and O–H groups in total. The van der Waals surface area contributed by atoms with Crippen molar-refractivity contribution in [1.82, 2.24) is 0 Å². The summed E-state index contributed by atoms with van der Waals surface area (Å²) >= 11 is 4.11. The van der Waals surface area contributed by atoms with E-state index in [1.807, 2.05) is 30.3 Å². The third-order valence-electron chi connectivity index (χ3n) is 2.06. The van der Waals surface area contributed by atoms with Crippen molar-refractivity contribution in [3.05, 3.63) is 30.3 Å². The van der Waals surface area contributed by atoms with Crippen LogP contribution in [0, 0.1) is 0 Å². The zero-order chi connectivity index (χ0) is 10.4. The Balaban J connectivity index is 2.85. The van der Waals surface area contributed by atoms with Gasteiger partial charge in [0, 0.05) is 18.6 Å². The first-order valence-electron chi connectivity index (χ1n) is 4.54. The molecule has 0 fully saturated rings. The second-order valence-electron chi connectivity index (χ2n) is 2.99. The van der Waals surface area contributed by atoms with Crippen LogP contribution in [0.5, 0.6) is 0 Å². The molecule has 2 nitrogen and oxygen atoms in total. The summed E-state index contributed by atoms with van der Waals surface area (Å²) < 4.78 is 17.4. The molecule has 1 rings (SSSR count). The third kappa shape index (κ3) is 2.88. The third-order valence-corrected chi connectivity index (χ3v) is 4.95. The van der Waals surface area contributed by atoms with Crippen LogP contribution < -0.4 is 5.30 Å². The highest BCUT2D eigenvalue weighted by Gasteiger charge is 2.22. The van der Waals surface area contributed by atoms with E-state index in [0.717, 1.165) is 17.5 Å². The van der Waals surface area contributed by atoms with Crippen LogP contribution in [0.1, 0.15) is 6.42 Å². The lowest BCUT2D eigenvalue weighted by Gasteiger charge is -2.15. The van der Waals surface area contributed by atoms with Crippen LogP contribution in [0.4, 0.5) is 0 Å². The van der Waals surface area contributed by atoms with Crippen LogP contribution in [-0.2, 0) is 9.09 Å². The summed E-state index contributed by atoms with van der Waals surface area (Å²) in [5.74, 6) is 0.736. The summed E-state index contributed by atoms with van der Waals surface area (Å²) in [6.07, 6.45) is 1.38. The Bertz CT molecular complexity index is 313. The van der Waals surface area contributed by atoms with Gasteiger partial charge in [0.05, 0.1) is 0 Å². The smallest absolute Gasteiger partial charge is 0.231 e. The molecular formula is C10H15O2PS. The summed E-state index contributed by atoms with van der Waals surface area (Å²) in [5, 5.41) is 0.796. The summed E-state index contributed by atoms with van der Waals surface area (Å²) in [6, 6.07) is 9.36. The van der Waals surface area contributed by atoms with E-state index in [4.69, 9.17) is 4.52 Å². The van der Waals surface area contributed by atoms with Crippen molar-refractivity contribution >= 4 is 25.3 Å². The van der Waals surface area contributed by atoms with Crippen molar-refractivity contribution in [2.75, 3.05) is 19.0 Å². The highest BCUT2D eigenvalue weighted by Crippen LogP contribution is 2.45. The van der Waals surface area contributed by atoms with E-state index >= 15 is 0 Å². The number of benzene rings is 1. The molecule has 1 unspecified atom stereocenters. The van der Waals surface area contributed by atoms with Gasteiger partial charge in [0.15, 0.2) is 0 Å². The Morgan fingerprint density at radius 3 is 2.50 bits per heavy atom. The molecular weight excluding hydrogens is 215 g/mol. The van der Waals surface area contributed by atoms with Gasteiger partial charge < -0.3 is 4.52 Å². The summed E-state index contributed by atoms with van der Waals surface area (Å²) in [6.45, 7) is 0. The van der Waals surface area contributed by atoms with Gasteiger partial charge >= 0.3 is 0 Å². The quantitative estimate of drug-likeness (QED) is 0.621. The van der Waals surface area contributed by atoms with E-state index in [-0.39, 0.29) is 0 Å². The molecule has 1 aromatic carbocycles. The average molecular weight is 230 g/mol. The fourth-order valence-corrected chi connectivity index (χ4v) is 3.52. The SMILES string of the molecule is COP(=O)(CCCS)c1ccccc1. The molecule has 0 saturated carbocycles. The molecule has 0 bridgehead atoms. The van der Waals surface area contributed by atoms with E-state index in [2.05, 4.69) is 12.6 Å². The van der Waals surface area contributed by atoms with Crippen LogP contribution in [0.2, 0.25) is 0 Å². The molecule has 78 valence electrons. The van der Waals surface area contributed by atoms with Gasteiger partial charge in [-0.3, -0.25) is 4.57 Å². The van der Waals surface area contributed by atoms with Crippen molar-refractivity contribution in [1.29, 1.82) is 0 Å². The predicted octanol–water partition coefficient (Wildman–Crippen LogP) is 2.56. The van der Waals surface area contributed by atoms with Crippen LogP contribution in [0.3, 0.4) is 0 Å². The van der Waals surface area contributed by atoms with Gasteiger partial charge in [0.25, 0.3) is 0 Å². The average Bonchev–Trinajstić information content (AvgIpc) is 2.27. The predicted molar refractivity (Wildman–Crippen MR) is 64.0 cm³/mol. The van der Waals surface area contributed by atoms with Crippen LogP contribution in [0.25, 0.3) is 0 Å². The molecule has 0 saturated heterocycles. The van der Waals surface area contributed by atoms with Crippen LogP contribution >= 0.6 is 20.0 Å². The number of hydrogen-bond acceptors (Lipinski definition) is 3. The van der Waals surface area contributed by atoms with Gasteiger partial charge in [-0.25, -0.2) is 0 Å². The lowest BCUT2D eigenvalue weighted by molar-refractivity contribution is 0.402. The first-order chi connectivity index (χ1) is 6.73. The Morgan fingerprint density at radius 1 is 1.36 bits per heavy atom.